The van der Waals surface area contributed by atoms with Crippen molar-refractivity contribution in [3.05, 3.63) is 107 Å². The van der Waals surface area contributed by atoms with E-state index in [0.29, 0.717) is 25.1 Å². The van der Waals surface area contributed by atoms with Crippen LogP contribution in [0.5, 0.6) is 0 Å². The summed E-state index contributed by atoms with van der Waals surface area (Å²) in [6.45, 7) is 1.19. The predicted octanol–water partition coefficient (Wildman–Crippen LogP) is 6.03. The number of hydrogen-bond acceptors (Lipinski definition) is 2. The van der Waals surface area contributed by atoms with Crippen molar-refractivity contribution in [3.8, 4) is 0 Å². The zero-order valence-electron chi connectivity index (χ0n) is 20.6. The predicted molar refractivity (Wildman–Crippen MR) is 137 cm³/mol. The normalized spacial score (nSPS) is 15.3. The summed E-state index contributed by atoms with van der Waals surface area (Å²) in [5.74, 6) is -0.491. The van der Waals surface area contributed by atoms with Crippen molar-refractivity contribution in [2.45, 2.75) is 44.1 Å². The van der Waals surface area contributed by atoms with Gasteiger partial charge in [0.1, 0.15) is 11.6 Å². The summed E-state index contributed by atoms with van der Waals surface area (Å²) in [5.41, 5.74) is 2.62. The van der Waals surface area contributed by atoms with E-state index in [0.717, 1.165) is 36.8 Å². The van der Waals surface area contributed by atoms with Crippen LogP contribution >= 0.6 is 0 Å². The molecular formula is C30H32F2N2O2. The molecule has 4 nitrogen and oxygen atoms in total. The quantitative estimate of drug-likeness (QED) is 0.344. The highest BCUT2D eigenvalue weighted by Crippen LogP contribution is 2.30. The number of rotatable bonds is 9. The highest BCUT2D eigenvalue weighted by atomic mass is 19.1. The fourth-order valence-corrected chi connectivity index (χ4v) is 4.93. The topological polar surface area (TPSA) is 40.6 Å². The lowest BCUT2D eigenvalue weighted by Crippen LogP contribution is -2.40. The van der Waals surface area contributed by atoms with Gasteiger partial charge in [-0.1, -0.05) is 48.9 Å². The van der Waals surface area contributed by atoms with Crippen LogP contribution in [0.3, 0.4) is 0 Å². The minimum Gasteiger partial charge on any atom is -0.341 e. The van der Waals surface area contributed by atoms with Gasteiger partial charge in [0.05, 0.1) is 6.04 Å². The fraction of sp³-hybridized carbons (Fsp3) is 0.333. The minimum absolute atomic E-state index is 0.00595. The molecule has 3 aromatic carbocycles. The van der Waals surface area contributed by atoms with Crippen molar-refractivity contribution in [3.63, 3.8) is 0 Å². The molecule has 0 bridgehead atoms. The van der Waals surface area contributed by atoms with Crippen LogP contribution in [0.25, 0.3) is 0 Å². The summed E-state index contributed by atoms with van der Waals surface area (Å²) >= 11 is 0. The van der Waals surface area contributed by atoms with Gasteiger partial charge < -0.3 is 9.80 Å². The van der Waals surface area contributed by atoms with E-state index in [1.54, 1.807) is 29.2 Å². The molecule has 1 heterocycles. The second-order valence-corrected chi connectivity index (χ2v) is 9.47. The highest BCUT2D eigenvalue weighted by molar-refractivity contribution is 5.94. The molecule has 1 aliphatic rings. The number of likely N-dealkylation sites (tertiary alicyclic amines) is 1. The van der Waals surface area contributed by atoms with Gasteiger partial charge in [-0.2, -0.15) is 0 Å². The van der Waals surface area contributed by atoms with E-state index in [1.165, 1.54) is 24.3 Å². The van der Waals surface area contributed by atoms with Gasteiger partial charge in [0.2, 0.25) is 5.91 Å². The van der Waals surface area contributed by atoms with Crippen LogP contribution in [0.4, 0.5) is 8.78 Å². The van der Waals surface area contributed by atoms with Gasteiger partial charge in [0.15, 0.2) is 0 Å². The minimum atomic E-state index is -0.291. The maximum atomic E-state index is 13.4. The average Bonchev–Trinajstić information content (AvgIpc) is 3.40. The number of unbranched alkanes of at least 4 members (excludes halogenated alkanes) is 1. The summed E-state index contributed by atoms with van der Waals surface area (Å²) in [4.78, 5) is 29.2. The lowest BCUT2D eigenvalue weighted by molar-refractivity contribution is -0.131. The first-order valence-corrected chi connectivity index (χ1v) is 12.5. The molecule has 0 spiro atoms. The van der Waals surface area contributed by atoms with Gasteiger partial charge in [-0.25, -0.2) is 8.78 Å². The SMILES string of the molecule is CN(C(=O)CCCCC(c1ccc(F)cc1)c1ccc(F)cc1)C1CCN(C(=O)c2ccccc2)C1. The molecule has 4 rings (SSSR count). The Morgan fingerprint density at radius 2 is 1.47 bits per heavy atom. The molecule has 36 heavy (non-hydrogen) atoms. The zero-order valence-corrected chi connectivity index (χ0v) is 20.6. The van der Waals surface area contributed by atoms with Crippen LogP contribution < -0.4 is 0 Å². The van der Waals surface area contributed by atoms with Crippen molar-refractivity contribution in [2.24, 2.45) is 0 Å². The second-order valence-electron chi connectivity index (χ2n) is 9.47. The molecule has 0 aliphatic carbocycles. The van der Waals surface area contributed by atoms with Crippen LogP contribution in [0.15, 0.2) is 78.9 Å². The lowest BCUT2D eigenvalue weighted by atomic mass is 9.87. The molecule has 0 N–H and O–H groups in total. The molecule has 0 aromatic heterocycles. The first-order valence-electron chi connectivity index (χ1n) is 12.5. The van der Waals surface area contributed by atoms with E-state index in [-0.39, 0.29) is 35.4 Å². The van der Waals surface area contributed by atoms with Gasteiger partial charge in [0, 0.05) is 38.0 Å². The summed E-state index contributed by atoms with van der Waals surface area (Å²) < 4.78 is 26.9. The smallest absolute Gasteiger partial charge is 0.253 e. The van der Waals surface area contributed by atoms with E-state index in [1.807, 2.05) is 42.3 Å². The third-order valence-corrected chi connectivity index (χ3v) is 7.09. The number of hydrogen-bond donors (Lipinski definition) is 0. The van der Waals surface area contributed by atoms with Gasteiger partial charge in [-0.15, -0.1) is 0 Å². The molecule has 1 saturated heterocycles. The maximum Gasteiger partial charge on any atom is 0.253 e. The summed E-state index contributed by atoms with van der Waals surface area (Å²) in [7, 11) is 1.82. The Labute approximate surface area is 211 Å². The summed E-state index contributed by atoms with van der Waals surface area (Å²) in [5, 5.41) is 0. The number of benzene rings is 3. The van der Waals surface area contributed by atoms with Crippen molar-refractivity contribution < 1.29 is 18.4 Å². The second kappa shape index (κ2) is 11.9. The molecule has 1 unspecified atom stereocenters. The zero-order chi connectivity index (χ0) is 25.5. The Bertz CT molecular complexity index is 1100. The summed E-state index contributed by atoms with van der Waals surface area (Å²) in [6.07, 6.45) is 3.51. The molecule has 1 aliphatic heterocycles. The number of carbonyl (C=O) groups excluding carboxylic acids is 2. The summed E-state index contributed by atoms with van der Waals surface area (Å²) in [6, 6.07) is 22.1. The molecule has 1 atom stereocenters. The molecular weight excluding hydrogens is 458 g/mol. The van der Waals surface area contributed by atoms with Crippen LogP contribution in [-0.2, 0) is 4.79 Å². The van der Waals surface area contributed by atoms with E-state index >= 15 is 0 Å². The molecule has 1 fully saturated rings. The highest BCUT2D eigenvalue weighted by Gasteiger charge is 2.31. The first kappa shape index (κ1) is 25.5. The Balaban J connectivity index is 1.28. The molecule has 3 aromatic rings. The monoisotopic (exact) mass is 490 g/mol. The van der Waals surface area contributed by atoms with Crippen LogP contribution in [0, 0.1) is 11.6 Å². The van der Waals surface area contributed by atoms with E-state index in [4.69, 9.17) is 0 Å². The van der Waals surface area contributed by atoms with Crippen molar-refractivity contribution in [1.29, 1.82) is 0 Å². The third-order valence-electron chi connectivity index (χ3n) is 7.09. The standard InChI is InChI=1S/C30H32F2N2O2/c1-33(27-19-20-34(21-27)30(36)24-7-3-2-4-8-24)29(35)10-6-5-9-28(22-11-15-25(31)16-12-22)23-13-17-26(32)18-14-23/h2-4,7-8,11-18,27-28H,5-6,9-10,19-21H2,1H3. The van der Waals surface area contributed by atoms with Crippen molar-refractivity contribution >= 4 is 11.8 Å². The maximum absolute atomic E-state index is 13.4. The van der Waals surface area contributed by atoms with Gasteiger partial charge in [0.25, 0.3) is 5.91 Å². The number of carbonyl (C=O) groups is 2. The van der Waals surface area contributed by atoms with Gasteiger partial charge in [-0.05, 0) is 66.8 Å². The van der Waals surface area contributed by atoms with Crippen molar-refractivity contribution in [2.75, 3.05) is 20.1 Å². The van der Waals surface area contributed by atoms with Gasteiger partial charge >= 0.3 is 0 Å². The van der Waals surface area contributed by atoms with Crippen LogP contribution in [-0.4, -0.2) is 47.8 Å². The number of nitrogens with zero attached hydrogens (tertiary/aromatic N) is 2. The number of amides is 2. The van der Waals surface area contributed by atoms with Crippen LogP contribution in [0.2, 0.25) is 0 Å². The van der Waals surface area contributed by atoms with E-state index < -0.39 is 0 Å². The Hall–Kier alpha value is -3.54. The average molecular weight is 491 g/mol. The molecule has 6 heteroatoms. The van der Waals surface area contributed by atoms with Crippen LogP contribution in [0.1, 0.15) is 59.5 Å². The Morgan fingerprint density at radius 1 is 0.889 bits per heavy atom. The number of likely N-dealkylation sites (N-methyl/N-ethyl adjacent to an activating group) is 1. The lowest BCUT2D eigenvalue weighted by Gasteiger charge is -2.25. The number of halogens is 2. The molecule has 0 radical (unpaired) electrons. The molecule has 2 amide bonds. The fourth-order valence-electron chi connectivity index (χ4n) is 4.93. The molecule has 0 saturated carbocycles. The Kier molecular flexibility index (Phi) is 8.47. The molecule has 188 valence electrons. The first-order chi connectivity index (χ1) is 17.4. The van der Waals surface area contributed by atoms with Crippen molar-refractivity contribution in [1.82, 2.24) is 9.80 Å². The Morgan fingerprint density at radius 3 is 2.06 bits per heavy atom. The van der Waals surface area contributed by atoms with E-state index in [2.05, 4.69) is 0 Å². The third kappa shape index (κ3) is 6.36. The van der Waals surface area contributed by atoms with Gasteiger partial charge in [-0.3, -0.25) is 9.59 Å². The van der Waals surface area contributed by atoms with E-state index in [9.17, 15) is 18.4 Å². The largest absolute Gasteiger partial charge is 0.341 e.